The molecule has 0 bridgehead atoms. The highest BCUT2D eigenvalue weighted by atomic mass is 79.9. The van der Waals surface area contributed by atoms with Crippen LogP contribution in [0.25, 0.3) is 0 Å². The largest absolute Gasteiger partial charge is 0.316 e. The molecule has 114 valence electrons. The molecule has 0 saturated heterocycles. The highest BCUT2D eigenvalue weighted by Gasteiger charge is 2.23. The van der Waals surface area contributed by atoms with Crippen molar-refractivity contribution >= 4 is 26.0 Å². The van der Waals surface area contributed by atoms with E-state index in [9.17, 15) is 12.8 Å². The van der Waals surface area contributed by atoms with E-state index in [1.54, 1.807) is 20.0 Å². The van der Waals surface area contributed by atoms with E-state index in [2.05, 4.69) is 26.0 Å². The second kappa shape index (κ2) is 7.49. The van der Waals surface area contributed by atoms with Crippen LogP contribution in [0.5, 0.6) is 0 Å². The summed E-state index contributed by atoms with van der Waals surface area (Å²) in [6.07, 6.45) is 1.56. The first-order chi connectivity index (χ1) is 9.31. The number of hydrogen-bond donors (Lipinski definition) is 2. The summed E-state index contributed by atoms with van der Waals surface area (Å²) in [4.78, 5) is -0.319. The van der Waals surface area contributed by atoms with E-state index < -0.39 is 15.8 Å². The first kappa shape index (κ1) is 17.6. The molecule has 0 aliphatic carbocycles. The smallest absolute Gasteiger partial charge is 0.243 e. The van der Waals surface area contributed by atoms with Gasteiger partial charge in [0.25, 0.3) is 0 Å². The Hall–Kier alpha value is -0.500. The van der Waals surface area contributed by atoms with Crippen molar-refractivity contribution < 1.29 is 12.8 Å². The monoisotopic (exact) mass is 366 g/mol. The second-order valence-corrected chi connectivity index (χ2v) is 7.32. The van der Waals surface area contributed by atoms with E-state index in [0.717, 1.165) is 6.42 Å². The molecule has 1 unspecified atom stereocenters. The normalized spacial score (nSPS) is 13.4. The van der Waals surface area contributed by atoms with E-state index in [0.29, 0.717) is 16.5 Å². The Bertz CT molecular complexity index is 564. The predicted octanol–water partition coefficient (Wildman–Crippen LogP) is 2.77. The molecule has 20 heavy (non-hydrogen) atoms. The minimum Gasteiger partial charge on any atom is -0.316 e. The van der Waals surface area contributed by atoms with Crippen LogP contribution in [0.4, 0.5) is 4.39 Å². The molecule has 0 fully saturated rings. The zero-order chi connectivity index (χ0) is 15.3. The average molecular weight is 367 g/mol. The standard InChI is InChI=1S/C13H20BrFN2O2S/c1-4-5-9(2)17-20(18,19)12-7-11(14)6-10(8-16-3)13(12)15/h6-7,9,16-17H,4-5,8H2,1-3H3. The maximum absolute atomic E-state index is 14.3. The summed E-state index contributed by atoms with van der Waals surface area (Å²) in [7, 11) is -2.18. The van der Waals surface area contributed by atoms with Gasteiger partial charge in [0, 0.05) is 22.6 Å². The lowest BCUT2D eigenvalue weighted by molar-refractivity contribution is 0.526. The van der Waals surface area contributed by atoms with Crippen molar-refractivity contribution in [1.29, 1.82) is 0 Å². The van der Waals surface area contributed by atoms with Gasteiger partial charge >= 0.3 is 0 Å². The van der Waals surface area contributed by atoms with Crippen LogP contribution >= 0.6 is 15.9 Å². The van der Waals surface area contributed by atoms with Crippen LogP contribution in [0.3, 0.4) is 0 Å². The number of rotatable bonds is 7. The Kier molecular flexibility index (Phi) is 6.57. The Balaban J connectivity index is 3.17. The molecule has 1 aromatic carbocycles. The third kappa shape index (κ3) is 4.51. The van der Waals surface area contributed by atoms with Gasteiger partial charge < -0.3 is 5.32 Å². The van der Waals surface area contributed by atoms with Crippen molar-refractivity contribution in [3.05, 3.63) is 28.0 Å². The molecule has 2 N–H and O–H groups in total. The number of halogens is 2. The summed E-state index contributed by atoms with van der Waals surface area (Å²) in [5, 5.41) is 2.82. The maximum atomic E-state index is 14.3. The SMILES string of the molecule is CCCC(C)NS(=O)(=O)c1cc(Br)cc(CNC)c1F. The van der Waals surface area contributed by atoms with Gasteiger partial charge in [-0.25, -0.2) is 17.5 Å². The molecule has 0 saturated carbocycles. The molecule has 0 heterocycles. The van der Waals surface area contributed by atoms with E-state index in [1.807, 2.05) is 6.92 Å². The quantitative estimate of drug-likeness (QED) is 0.779. The summed E-state index contributed by atoms with van der Waals surface area (Å²) in [5.41, 5.74) is 0.311. The first-order valence-electron chi connectivity index (χ1n) is 6.46. The molecule has 7 heteroatoms. The topological polar surface area (TPSA) is 58.2 Å². The van der Waals surface area contributed by atoms with Gasteiger partial charge in [-0.05, 0) is 32.5 Å². The van der Waals surface area contributed by atoms with Crippen LogP contribution in [0.15, 0.2) is 21.5 Å². The first-order valence-corrected chi connectivity index (χ1v) is 8.74. The third-order valence-corrected chi connectivity index (χ3v) is 4.86. The zero-order valence-electron chi connectivity index (χ0n) is 11.8. The van der Waals surface area contributed by atoms with E-state index in [4.69, 9.17) is 0 Å². The molecule has 1 atom stereocenters. The lowest BCUT2D eigenvalue weighted by Crippen LogP contribution is -2.33. The molecule has 0 aliphatic rings. The molecule has 0 radical (unpaired) electrons. The third-order valence-electron chi connectivity index (χ3n) is 2.81. The Morgan fingerprint density at radius 2 is 2.05 bits per heavy atom. The van der Waals surface area contributed by atoms with Crippen LogP contribution < -0.4 is 10.0 Å². The summed E-state index contributed by atoms with van der Waals surface area (Å²) in [5.74, 6) is -0.709. The van der Waals surface area contributed by atoms with Crippen LogP contribution in [0.2, 0.25) is 0 Å². The highest BCUT2D eigenvalue weighted by Crippen LogP contribution is 2.24. The minimum atomic E-state index is -3.86. The molecule has 0 spiro atoms. The summed E-state index contributed by atoms with van der Waals surface area (Å²) in [6.45, 7) is 4.00. The lowest BCUT2D eigenvalue weighted by Gasteiger charge is -2.15. The van der Waals surface area contributed by atoms with Crippen molar-refractivity contribution in [2.24, 2.45) is 0 Å². The van der Waals surface area contributed by atoms with Gasteiger partial charge in [-0.15, -0.1) is 0 Å². The van der Waals surface area contributed by atoms with Crippen LogP contribution in [0, 0.1) is 5.82 Å². The number of sulfonamides is 1. The molecular weight excluding hydrogens is 347 g/mol. The summed E-state index contributed by atoms with van der Waals surface area (Å²) >= 11 is 3.22. The van der Waals surface area contributed by atoms with Gasteiger partial charge in [0.1, 0.15) is 10.7 Å². The average Bonchev–Trinajstić information content (AvgIpc) is 2.33. The molecular formula is C13H20BrFN2O2S. The van der Waals surface area contributed by atoms with E-state index in [1.165, 1.54) is 6.07 Å². The molecule has 4 nitrogen and oxygen atoms in total. The molecule has 1 aromatic rings. The van der Waals surface area contributed by atoms with Gasteiger partial charge in [-0.3, -0.25) is 0 Å². The molecule has 1 rings (SSSR count). The Labute approximate surface area is 128 Å². The number of nitrogens with one attached hydrogen (secondary N) is 2. The lowest BCUT2D eigenvalue weighted by atomic mass is 10.2. The summed E-state index contributed by atoms with van der Waals surface area (Å²) < 4.78 is 41.8. The van der Waals surface area contributed by atoms with Gasteiger partial charge in [0.2, 0.25) is 10.0 Å². The second-order valence-electron chi connectivity index (χ2n) is 4.72. The van der Waals surface area contributed by atoms with E-state index >= 15 is 0 Å². The van der Waals surface area contributed by atoms with Crippen LogP contribution in [0.1, 0.15) is 32.3 Å². The minimum absolute atomic E-state index is 0.226. The van der Waals surface area contributed by atoms with Crippen molar-refractivity contribution in [3.63, 3.8) is 0 Å². The Morgan fingerprint density at radius 1 is 1.40 bits per heavy atom. The Morgan fingerprint density at radius 3 is 2.60 bits per heavy atom. The van der Waals surface area contributed by atoms with Crippen molar-refractivity contribution in [1.82, 2.24) is 10.0 Å². The summed E-state index contributed by atoms with van der Waals surface area (Å²) in [6, 6.07) is 2.63. The van der Waals surface area contributed by atoms with Gasteiger partial charge in [-0.1, -0.05) is 29.3 Å². The number of benzene rings is 1. The van der Waals surface area contributed by atoms with Crippen LogP contribution in [-0.2, 0) is 16.6 Å². The fourth-order valence-corrected chi connectivity index (χ4v) is 4.03. The highest BCUT2D eigenvalue weighted by molar-refractivity contribution is 9.10. The number of hydrogen-bond acceptors (Lipinski definition) is 3. The van der Waals surface area contributed by atoms with Crippen LogP contribution in [-0.4, -0.2) is 21.5 Å². The van der Waals surface area contributed by atoms with Gasteiger partial charge in [-0.2, -0.15) is 0 Å². The maximum Gasteiger partial charge on any atom is 0.243 e. The van der Waals surface area contributed by atoms with Crippen molar-refractivity contribution in [2.75, 3.05) is 7.05 Å². The van der Waals surface area contributed by atoms with Gasteiger partial charge in [0.05, 0.1) is 0 Å². The zero-order valence-corrected chi connectivity index (χ0v) is 14.2. The van der Waals surface area contributed by atoms with E-state index in [-0.39, 0.29) is 17.5 Å². The van der Waals surface area contributed by atoms with Gasteiger partial charge in [0.15, 0.2) is 0 Å². The molecule has 0 amide bonds. The molecule has 0 aliphatic heterocycles. The fraction of sp³-hybridized carbons (Fsp3) is 0.538. The fourth-order valence-electron chi connectivity index (χ4n) is 1.95. The molecule has 0 aromatic heterocycles. The van der Waals surface area contributed by atoms with Crippen molar-refractivity contribution in [2.45, 2.75) is 44.2 Å². The van der Waals surface area contributed by atoms with Crippen molar-refractivity contribution in [3.8, 4) is 0 Å². The predicted molar refractivity (Wildman–Crippen MR) is 81.6 cm³/mol.